The molecular weight excluding hydrogens is 368 g/mol. The van der Waals surface area contributed by atoms with Crippen LogP contribution in [0, 0.1) is 0 Å². The molecule has 0 fully saturated rings. The Morgan fingerprint density at radius 3 is 2.33 bits per heavy atom. The van der Waals surface area contributed by atoms with Crippen molar-refractivity contribution < 1.29 is 19.4 Å². The van der Waals surface area contributed by atoms with Crippen LogP contribution in [-0.2, 0) is 9.53 Å². The third-order valence-corrected chi connectivity index (χ3v) is 4.27. The van der Waals surface area contributed by atoms with Gasteiger partial charge in [-0.3, -0.25) is 4.79 Å². The molecule has 1 aliphatic rings. The van der Waals surface area contributed by atoms with Gasteiger partial charge in [-0.05, 0) is 19.1 Å². The van der Waals surface area contributed by atoms with E-state index in [0.29, 0.717) is 11.1 Å². The number of aliphatic hydroxyl groups is 1. The lowest BCUT2D eigenvalue weighted by Gasteiger charge is -2.07. The Morgan fingerprint density at radius 2 is 1.70 bits per heavy atom. The van der Waals surface area contributed by atoms with Crippen LogP contribution < -0.4 is 0 Å². The van der Waals surface area contributed by atoms with Crippen molar-refractivity contribution in [1.29, 1.82) is 0 Å². The van der Waals surface area contributed by atoms with E-state index in [2.05, 4.69) is 9.98 Å². The fourth-order valence-electron chi connectivity index (χ4n) is 2.70. The number of nitrogens with zero attached hydrogens (tertiary/aromatic N) is 2. The molecule has 0 aromatic heterocycles. The fourth-order valence-corrected chi connectivity index (χ4v) is 2.91. The van der Waals surface area contributed by atoms with Gasteiger partial charge in [0.1, 0.15) is 11.3 Å². The average Bonchev–Trinajstić information content (AvgIpc) is 3.00. The first-order valence-corrected chi connectivity index (χ1v) is 8.36. The van der Waals surface area contributed by atoms with Crippen LogP contribution in [0.15, 0.2) is 69.8 Å². The molecular formula is C20H15ClN2O4. The van der Waals surface area contributed by atoms with Crippen molar-refractivity contribution in [3.8, 4) is 0 Å². The standard InChI is InChI=1S/C20H15ClN2O4/c1-11(24)16(20(26)27-2)17-12-7-3-4-8-13(12)18(22-17)23-19(25)14-9-5-6-10-15(14)21/h3-10,24H,1-2H3. The van der Waals surface area contributed by atoms with Crippen molar-refractivity contribution in [1.82, 2.24) is 0 Å². The molecule has 0 radical (unpaired) electrons. The molecule has 0 saturated heterocycles. The first-order valence-electron chi connectivity index (χ1n) is 7.98. The first-order chi connectivity index (χ1) is 12.9. The molecule has 0 unspecified atom stereocenters. The highest BCUT2D eigenvalue weighted by molar-refractivity contribution is 6.37. The van der Waals surface area contributed by atoms with Crippen LogP contribution in [0.3, 0.4) is 0 Å². The Labute approximate surface area is 160 Å². The Kier molecular flexibility index (Phi) is 5.19. The monoisotopic (exact) mass is 382 g/mol. The summed E-state index contributed by atoms with van der Waals surface area (Å²) >= 11 is 6.06. The van der Waals surface area contributed by atoms with E-state index in [9.17, 15) is 14.7 Å². The van der Waals surface area contributed by atoms with Gasteiger partial charge in [-0.2, -0.15) is 4.99 Å². The van der Waals surface area contributed by atoms with Crippen molar-refractivity contribution in [2.24, 2.45) is 9.98 Å². The third kappa shape index (κ3) is 3.52. The number of aliphatic hydroxyl groups excluding tert-OH is 1. The molecule has 0 bridgehead atoms. The van der Waals surface area contributed by atoms with Gasteiger partial charge in [0.15, 0.2) is 5.84 Å². The van der Waals surface area contributed by atoms with Crippen LogP contribution in [0.1, 0.15) is 28.4 Å². The number of methoxy groups -OCH3 is 1. The predicted octanol–water partition coefficient (Wildman–Crippen LogP) is 3.73. The van der Waals surface area contributed by atoms with Gasteiger partial charge in [-0.1, -0.05) is 48.0 Å². The summed E-state index contributed by atoms with van der Waals surface area (Å²) in [6, 6.07) is 13.5. The molecule has 0 spiro atoms. The topological polar surface area (TPSA) is 88.3 Å². The van der Waals surface area contributed by atoms with Crippen LogP contribution in [0.2, 0.25) is 5.02 Å². The fraction of sp³-hybridized carbons (Fsp3) is 0.100. The summed E-state index contributed by atoms with van der Waals surface area (Å²) in [4.78, 5) is 33.0. The molecule has 0 aliphatic carbocycles. The lowest BCUT2D eigenvalue weighted by Crippen LogP contribution is -2.16. The Balaban J connectivity index is 2.14. The Morgan fingerprint density at radius 1 is 1.07 bits per heavy atom. The normalized spacial score (nSPS) is 15.1. The van der Waals surface area contributed by atoms with E-state index in [1.54, 1.807) is 48.5 Å². The molecule has 6 nitrogen and oxygen atoms in total. The zero-order valence-electron chi connectivity index (χ0n) is 14.6. The largest absolute Gasteiger partial charge is 0.512 e. The zero-order chi connectivity index (χ0) is 19.6. The predicted molar refractivity (Wildman–Crippen MR) is 103 cm³/mol. The second-order valence-corrected chi connectivity index (χ2v) is 6.09. The van der Waals surface area contributed by atoms with Crippen molar-refractivity contribution in [2.75, 3.05) is 7.11 Å². The number of benzene rings is 2. The van der Waals surface area contributed by atoms with E-state index in [0.717, 1.165) is 0 Å². The summed E-state index contributed by atoms with van der Waals surface area (Å²) < 4.78 is 4.74. The molecule has 0 atom stereocenters. The second-order valence-electron chi connectivity index (χ2n) is 5.68. The summed E-state index contributed by atoms with van der Waals surface area (Å²) in [6.45, 7) is 1.36. The molecule has 3 rings (SSSR count). The number of allylic oxidation sites excluding steroid dienone is 1. The molecule has 1 amide bonds. The van der Waals surface area contributed by atoms with E-state index in [1.165, 1.54) is 14.0 Å². The van der Waals surface area contributed by atoms with Gasteiger partial charge in [-0.25, -0.2) is 9.79 Å². The van der Waals surface area contributed by atoms with Gasteiger partial charge in [0.2, 0.25) is 0 Å². The lowest BCUT2D eigenvalue weighted by atomic mass is 9.99. The molecule has 0 saturated carbocycles. The Bertz CT molecular complexity index is 1030. The molecule has 7 heteroatoms. The lowest BCUT2D eigenvalue weighted by molar-refractivity contribution is -0.135. The highest BCUT2D eigenvalue weighted by Crippen LogP contribution is 2.26. The van der Waals surface area contributed by atoms with Crippen LogP contribution in [0.4, 0.5) is 0 Å². The smallest absolute Gasteiger partial charge is 0.343 e. The summed E-state index contributed by atoms with van der Waals surface area (Å²) in [6.07, 6.45) is 0. The number of carbonyl (C=O) groups excluding carboxylic acids is 2. The van der Waals surface area contributed by atoms with Gasteiger partial charge in [0, 0.05) is 11.1 Å². The van der Waals surface area contributed by atoms with Gasteiger partial charge in [0.25, 0.3) is 5.91 Å². The van der Waals surface area contributed by atoms with Crippen LogP contribution in [-0.4, -0.2) is 35.6 Å². The average molecular weight is 383 g/mol. The van der Waals surface area contributed by atoms with E-state index in [4.69, 9.17) is 16.3 Å². The number of rotatable bonds is 3. The summed E-state index contributed by atoms with van der Waals surface area (Å²) in [5, 5.41) is 10.2. The molecule has 1 aliphatic heterocycles. The number of ether oxygens (including phenoxy) is 1. The third-order valence-electron chi connectivity index (χ3n) is 3.94. The number of hydrogen-bond acceptors (Lipinski definition) is 4. The maximum absolute atomic E-state index is 12.5. The van der Waals surface area contributed by atoms with Crippen LogP contribution in [0.5, 0.6) is 0 Å². The van der Waals surface area contributed by atoms with E-state index in [-0.39, 0.29) is 33.5 Å². The van der Waals surface area contributed by atoms with E-state index >= 15 is 0 Å². The van der Waals surface area contributed by atoms with Crippen molar-refractivity contribution >= 4 is 35.0 Å². The number of carbonyl (C=O) groups is 2. The number of fused-ring (bicyclic) bond motifs is 1. The zero-order valence-corrected chi connectivity index (χ0v) is 15.3. The first kappa shape index (κ1) is 18.5. The minimum Gasteiger partial charge on any atom is -0.512 e. The SMILES string of the molecule is COC(=O)C(C1=NC(=NC(=O)c2ccccc2Cl)c2ccccc21)=C(C)O. The molecule has 2 aromatic rings. The van der Waals surface area contributed by atoms with E-state index in [1.807, 2.05) is 0 Å². The number of amides is 1. The van der Waals surface area contributed by atoms with Crippen molar-refractivity contribution in [2.45, 2.75) is 6.92 Å². The maximum Gasteiger partial charge on any atom is 0.343 e. The number of halogens is 1. The molecule has 1 N–H and O–H groups in total. The number of amidine groups is 1. The number of aliphatic imine (C=N–C) groups is 2. The minimum absolute atomic E-state index is 0.0830. The quantitative estimate of drug-likeness (QED) is 0.497. The van der Waals surface area contributed by atoms with Gasteiger partial charge < -0.3 is 9.84 Å². The summed E-state index contributed by atoms with van der Waals surface area (Å²) in [7, 11) is 1.21. The molecule has 2 aromatic carbocycles. The second kappa shape index (κ2) is 7.55. The van der Waals surface area contributed by atoms with E-state index < -0.39 is 11.9 Å². The highest BCUT2D eigenvalue weighted by atomic mass is 35.5. The molecule has 1 heterocycles. The van der Waals surface area contributed by atoms with Gasteiger partial charge >= 0.3 is 5.97 Å². The summed E-state index contributed by atoms with van der Waals surface area (Å²) in [5.41, 5.74) is 1.49. The van der Waals surface area contributed by atoms with Gasteiger partial charge in [-0.15, -0.1) is 0 Å². The molecule has 136 valence electrons. The van der Waals surface area contributed by atoms with Gasteiger partial charge in [0.05, 0.1) is 23.4 Å². The number of esters is 1. The number of hydrogen-bond donors (Lipinski definition) is 1. The van der Waals surface area contributed by atoms with Crippen LogP contribution in [0.25, 0.3) is 0 Å². The van der Waals surface area contributed by atoms with Crippen molar-refractivity contribution in [3.05, 3.63) is 81.6 Å². The maximum atomic E-state index is 12.5. The molecule has 27 heavy (non-hydrogen) atoms. The van der Waals surface area contributed by atoms with Crippen molar-refractivity contribution in [3.63, 3.8) is 0 Å². The highest BCUT2D eigenvalue weighted by Gasteiger charge is 2.30. The Hall–Kier alpha value is -3.25. The summed E-state index contributed by atoms with van der Waals surface area (Å²) in [5.74, 6) is -1.40. The van der Waals surface area contributed by atoms with Crippen LogP contribution >= 0.6 is 11.6 Å². The minimum atomic E-state index is -0.734.